The summed E-state index contributed by atoms with van der Waals surface area (Å²) < 4.78 is 42.0. The van der Waals surface area contributed by atoms with Crippen LogP contribution in [0, 0.1) is 6.92 Å². The number of sulfonamides is 1. The number of nitrogens with zero attached hydrogens (tertiary/aromatic N) is 1. The number of hydrogen-bond donors (Lipinski definition) is 1. The Kier molecular flexibility index (Phi) is 9.87. The second kappa shape index (κ2) is 12.2. The molecule has 0 aromatic heterocycles. The summed E-state index contributed by atoms with van der Waals surface area (Å²) in [6.45, 7) is 15.3. The van der Waals surface area contributed by atoms with Crippen LogP contribution in [0.4, 0.5) is 0 Å². The fraction of sp³-hybridized carbons (Fsp3) is 0.567. The number of aryl methyl sites for hydroxylation is 1. The fourth-order valence-electron chi connectivity index (χ4n) is 6.45. The molecule has 0 unspecified atom stereocenters. The summed E-state index contributed by atoms with van der Waals surface area (Å²) in [5.41, 5.74) is 1.96. The number of methoxy groups -OCH3 is 1. The van der Waals surface area contributed by atoms with Crippen molar-refractivity contribution in [2.24, 2.45) is 0 Å². The summed E-state index contributed by atoms with van der Waals surface area (Å²) >= 11 is 0. The van der Waals surface area contributed by atoms with E-state index in [0.29, 0.717) is 35.0 Å². The van der Waals surface area contributed by atoms with Crippen LogP contribution in [0.15, 0.2) is 53.4 Å². The van der Waals surface area contributed by atoms with Gasteiger partial charge in [0.25, 0.3) is 0 Å². The average Bonchev–Trinajstić information content (AvgIpc) is 2.89. The second-order valence-corrected chi connectivity index (χ2v) is 19.1. The predicted molar refractivity (Wildman–Crippen MR) is 157 cm³/mol. The van der Waals surface area contributed by atoms with Crippen molar-refractivity contribution < 1.29 is 27.5 Å². The van der Waals surface area contributed by atoms with Crippen LogP contribution in [0.1, 0.15) is 75.9 Å². The van der Waals surface area contributed by atoms with Gasteiger partial charge >= 0.3 is 5.97 Å². The summed E-state index contributed by atoms with van der Waals surface area (Å²) in [5, 5.41) is 10.8. The predicted octanol–water partition coefficient (Wildman–Crippen LogP) is 6.01. The maximum Gasteiger partial charge on any atom is 0.337 e. The third-order valence-corrected chi connectivity index (χ3v) is 16.5. The van der Waals surface area contributed by atoms with E-state index in [4.69, 9.17) is 9.16 Å². The molecule has 0 amide bonds. The molecular formula is C30H45NO6SSi. The Hall–Kier alpha value is -2.04. The van der Waals surface area contributed by atoms with Crippen LogP contribution in [0.3, 0.4) is 0 Å². The zero-order valence-electron chi connectivity index (χ0n) is 24.6. The molecule has 1 aliphatic heterocycles. The molecule has 0 radical (unpaired) electrons. The lowest BCUT2D eigenvalue weighted by molar-refractivity contribution is -0.00113. The normalized spacial score (nSPS) is 21.1. The topological polar surface area (TPSA) is 93.1 Å². The molecule has 0 spiro atoms. The Balaban J connectivity index is 2.23. The van der Waals surface area contributed by atoms with Crippen LogP contribution in [0.5, 0.6) is 0 Å². The lowest BCUT2D eigenvalue weighted by atomic mass is 9.82. The Morgan fingerprint density at radius 1 is 1.00 bits per heavy atom. The van der Waals surface area contributed by atoms with Crippen molar-refractivity contribution in [3.8, 4) is 0 Å². The smallest absolute Gasteiger partial charge is 0.337 e. The Morgan fingerprint density at radius 2 is 1.54 bits per heavy atom. The molecule has 7 nitrogen and oxygen atoms in total. The molecule has 2 aromatic rings. The van der Waals surface area contributed by atoms with Crippen molar-refractivity contribution >= 4 is 24.3 Å². The van der Waals surface area contributed by atoms with Gasteiger partial charge in [-0.05, 0) is 66.2 Å². The summed E-state index contributed by atoms with van der Waals surface area (Å²) in [6.07, 6.45) is 0.0204. The number of aliphatic hydroxyl groups excluding tert-OH is 1. The van der Waals surface area contributed by atoms with Crippen molar-refractivity contribution in [2.45, 2.75) is 94.5 Å². The number of aliphatic hydroxyl groups is 1. The molecule has 2 aromatic carbocycles. The van der Waals surface area contributed by atoms with Gasteiger partial charge in [0.15, 0.2) is 8.32 Å². The highest BCUT2D eigenvalue weighted by Gasteiger charge is 2.53. The standard InChI is InChI=1S/C30H45NO6SSi/c1-21(2)39(22(3)4,23(5)6)37-20-30(26-13-11-25(12-14-26)29(33)36-8)18-17-27(32)19-31(30)38(34,35)28-15-9-24(7)10-16-28/h9-16,21-23,27,32H,17-20H2,1-8H3/t27-,30-/m1/s1. The largest absolute Gasteiger partial charge is 0.465 e. The van der Waals surface area contributed by atoms with Crippen LogP contribution in [0.2, 0.25) is 16.6 Å². The number of β-amino-alcohol motifs (C(OH)–C–C–N with tert-alkyl or cyclic N) is 1. The molecule has 0 saturated carbocycles. The van der Waals surface area contributed by atoms with Crippen molar-refractivity contribution in [3.63, 3.8) is 0 Å². The zero-order chi connectivity index (χ0) is 29.2. The van der Waals surface area contributed by atoms with Gasteiger partial charge < -0.3 is 14.3 Å². The zero-order valence-corrected chi connectivity index (χ0v) is 26.4. The molecule has 0 aliphatic carbocycles. The van der Waals surface area contributed by atoms with Crippen LogP contribution in [0.25, 0.3) is 0 Å². The van der Waals surface area contributed by atoms with Crippen molar-refractivity contribution in [2.75, 3.05) is 20.3 Å². The lowest BCUT2D eigenvalue weighted by Crippen LogP contribution is -2.60. The van der Waals surface area contributed by atoms with E-state index >= 15 is 0 Å². The Bertz CT molecular complexity index is 1210. The van der Waals surface area contributed by atoms with E-state index in [0.717, 1.165) is 11.1 Å². The molecular weight excluding hydrogens is 530 g/mol. The van der Waals surface area contributed by atoms with E-state index < -0.39 is 36.0 Å². The molecule has 1 aliphatic rings. The van der Waals surface area contributed by atoms with Crippen LogP contribution in [-0.4, -0.2) is 58.5 Å². The number of carbonyl (C=O) groups is 1. The van der Waals surface area contributed by atoms with Gasteiger partial charge in [0.05, 0.1) is 35.8 Å². The average molecular weight is 576 g/mol. The van der Waals surface area contributed by atoms with E-state index in [-0.39, 0.29) is 18.0 Å². The summed E-state index contributed by atoms with van der Waals surface area (Å²) in [7, 11) is -5.06. The lowest BCUT2D eigenvalue weighted by Gasteiger charge is -2.51. The van der Waals surface area contributed by atoms with E-state index in [1.807, 2.05) is 6.92 Å². The maximum absolute atomic E-state index is 14.3. The highest BCUT2D eigenvalue weighted by molar-refractivity contribution is 7.89. The van der Waals surface area contributed by atoms with Crippen molar-refractivity contribution in [1.82, 2.24) is 4.31 Å². The van der Waals surface area contributed by atoms with E-state index in [1.54, 1.807) is 48.5 Å². The quantitative estimate of drug-likeness (QED) is 0.275. The third-order valence-electron chi connectivity index (χ3n) is 8.47. The number of benzene rings is 2. The van der Waals surface area contributed by atoms with Gasteiger partial charge in [-0.15, -0.1) is 0 Å². The van der Waals surface area contributed by atoms with E-state index in [9.17, 15) is 18.3 Å². The number of piperidine rings is 1. The number of hydrogen-bond acceptors (Lipinski definition) is 6. The van der Waals surface area contributed by atoms with Gasteiger partial charge in [-0.3, -0.25) is 0 Å². The van der Waals surface area contributed by atoms with Gasteiger partial charge in [-0.2, -0.15) is 4.31 Å². The third kappa shape index (κ3) is 6.02. The van der Waals surface area contributed by atoms with Gasteiger partial charge in [-0.1, -0.05) is 71.4 Å². The minimum absolute atomic E-state index is 0.0437. The molecule has 1 fully saturated rings. The monoisotopic (exact) mass is 575 g/mol. The first-order chi connectivity index (χ1) is 18.2. The molecule has 1 N–H and O–H groups in total. The van der Waals surface area contributed by atoms with Crippen molar-refractivity contribution in [1.29, 1.82) is 0 Å². The maximum atomic E-state index is 14.3. The van der Waals surface area contributed by atoms with E-state index in [1.165, 1.54) is 11.4 Å². The minimum Gasteiger partial charge on any atom is -0.465 e. The summed E-state index contributed by atoms with van der Waals surface area (Å²) in [5.74, 6) is -0.458. The number of esters is 1. The molecule has 2 atom stereocenters. The molecule has 216 valence electrons. The SMILES string of the molecule is COC(=O)c1ccc([C@]2(CO[Si](C(C)C)(C(C)C)C(C)C)CC[C@@H](O)CN2S(=O)(=O)c2ccc(C)cc2)cc1. The fourth-order valence-corrected chi connectivity index (χ4v) is 13.7. The second-order valence-electron chi connectivity index (χ2n) is 11.7. The first-order valence-corrected chi connectivity index (χ1v) is 17.4. The van der Waals surface area contributed by atoms with E-state index in [2.05, 4.69) is 41.5 Å². The first kappa shape index (κ1) is 31.5. The van der Waals surface area contributed by atoms with Gasteiger partial charge in [0, 0.05) is 6.54 Å². The number of carbonyl (C=O) groups excluding carboxylic acids is 1. The van der Waals surface area contributed by atoms with Gasteiger partial charge in [0.1, 0.15) is 0 Å². The first-order valence-electron chi connectivity index (χ1n) is 13.8. The van der Waals surface area contributed by atoms with Gasteiger partial charge in [-0.25, -0.2) is 13.2 Å². The molecule has 39 heavy (non-hydrogen) atoms. The van der Waals surface area contributed by atoms with Crippen LogP contribution >= 0.6 is 0 Å². The molecule has 9 heteroatoms. The van der Waals surface area contributed by atoms with Crippen LogP contribution in [-0.2, 0) is 24.7 Å². The summed E-state index contributed by atoms with van der Waals surface area (Å²) in [6, 6.07) is 13.7. The molecule has 1 saturated heterocycles. The Morgan fingerprint density at radius 3 is 2.03 bits per heavy atom. The number of rotatable bonds is 10. The molecule has 3 rings (SSSR count). The van der Waals surface area contributed by atoms with Crippen molar-refractivity contribution in [3.05, 3.63) is 65.2 Å². The highest BCUT2D eigenvalue weighted by atomic mass is 32.2. The molecule has 1 heterocycles. The number of ether oxygens (including phenoxy) is 1. The van der Waals surface area contributed by atoms with Gasteiger partial charge in [0.2, 0.25) is 10.0 Å². The Labute approximate surface area is 235 Å². The molecule has 0 bridgehead atoms. The minimum atomic E-state index is -4.01. The van der Waals surface area contributed by atoms with Crippen LogP contribution < -0.4 is 0 Å². The summed E-state index contributed by atoms with van der Waals surface area (Å²) in [4.78, 5) is 12.3. The highest BCUT2D eigenvalue weighted by Crippen LogP contribution is 2.47.